The molecule has 3 aromatic heterocycles. The number of rotatable bonds is 9. The lowest BCUT2D eigenvalue weighted by Gasteiger charge is -2.35. The van der Waals surface area contributed by atoms with E-state index < -0.39 is 23.7 Å². The average Bonchev–Trinajstić information content (AvgIpc) is 4.00. The van der Waals surface area contributed by atoms with E-state index >= 15 is 0 Å². The van der Waals surface area contributed by atoms with Gasteiger partial charge >= 0.3 is 12.2 Å². The standard InChI is InChI=1S/C49H51F3N12O7/c1-71-37-12-10-32(25-36(37)63-19-14-39(65)58-48(63)70)47(69)61-22-20-60(21-23-61)18-15-41(67)62-17-3-2-4-35-27-55-44(53)43-42(59-45(64(35)43)31-9-11-34(24-31)56-40(66)28-62)29-5-7-30(8-6-29)46(68)57-38-26-33(13-16-54-38)49(50,51)52/h2,4-8,10,12-13,16,25-27,31,34H,3,9,11,14-15,17-24,28H2,1H3,(H2,53,55)(H,56,66)(H,54,57,68)(H,58,65,70)/b4-2+/t31-,34-/m1/s1. The number of aromatic nitrogens is 4. The van der Waals surface area contributed by atoms with Crippen molar-refractivity contribution in [2.75, 3.05) is 75.4 Å². The number of ether oxygens (including phenoxy) is 1. The number of carbonyl (C=O) groups is 6. The maximum atomic E-state index is 13.8. The highest BCUT2D eigenvalue weighted by Crippen LogP contribution is 2.39. The number of halogens is 3. The van der Waals surface area contributed by atoms with E-state index in [-0.39, 0.29) is 85.3 Å². The monoisotopic (exact) mass is 976 g/mol. The first kappa shape index (κ1) is 48.2. The molecule has 3 aliphatic heterocycles. The molecule has 2 aromatic carbocycles. The number of nitrogens with two attached hydrogens (primary N) is 1. The van der Waals surface area contributed by atoms with E-state index in [9.17, 15) is 41.9 Å². The number of imide groups is 1. The van der Waals surface area contributed by atoms with Crippen LogP contribution < -0.4 is 31.3 Å². The number of pyridine rings is 1. The van der Waals surface area contributed by atoms with E-state index in [0.29, 0.717) is 97.9 Å². The zero-order valence-corrected chi connectivity index (χ0v) is 38.7. The largest absolute Gasteiger partial charge is 0.495 e. The Morgan fingerprint density at radius 2 is 1.68 bits per heavy atom. The fourth-order valence-corrected chi connectivity index (χ4v) is 9.54. The van der Waals surface area contributed by atoms with Gasteiger partial charge in [-0.3, -0.25) is 43.5 Å². The predicted octanol–water partition coefficient (Wildman–Crippen LogP) is 4.95. The third-order valence-electron chi connectivity index (χ3n) is 13.3. The van der Waals surface area contributed by atoms with E-state index in [4.69, 9.17) is 15.5 Å². The van der Waals surface area contributed by atoms with Crippen molar-refractivity contribution in [2.45, 2.75) is 56.7 Å². The van der Waals surface area contributed by atoms with Crippen LogP contribution in [0.25, 0.3) is 22.9 Å². The summed E-state index contributed by atoms with van der Waals surface area (Å²) in [4.78, 5) is 98.8. The predicted molar refractivity (Wildman–Crippen MR) is 254 cm³/mol. The lowest BCUT2D eigenvalue weighted by atomic mass is 10.1. The van der Waals surface area contributed by atoms with Gasteiger partial charge in [-0.05, 0) is 74.2 Å². The smallest absolute Gasteiger partial charge is 0.416 e. The molecular weight excluding hydrogens is 926 g/mol. The zero-order valence-electron chi connectivity index (χ0n) is 38.7. The van der Waals surface area contributed by atoms with Crippen molar-refractivity contribution in [1.82, 2.24) is 44.7 Å². The fourth-order valence-electron chi connectivity index (χ4n) is 9.54. The summed E-state index contributed by atoms with van der Waals surface area (Å²) in [6.45, 7) is 2.64. The third-order valence-corrected chi connectivity index (χ3v) is 13.3. The number of benzene rings is 2. The molecule has 71 heavy (non-hydrogen) atoms. The van der Waals surface area contributed by atoms with Gasteiger partial charge in [-0.15, -0.1) is 0 Å². The minimum absolute atomic E-state index is 0.0820. The molecule has 0 unspecified atom stereocenters. The van der Waals surface area contributed by atoms with Crippen LogP contribution in [0.3, 0.4) is 0 Å². The molecule has 370 valence electrons. The molecule has 5 N–H and O–H groups in total. The van der Waals surface area contributed by atoms with E-state index in [2.05, 4.69) is 30.8 Å². The number of piperazine rings is 1. The fraction of sp³-hybridized carbons (Fsp3) is 0.367. The Morgan fingerprint density at radius 3 is 2.42 bits per heavy atom. The molecule has 6 heterocycles. The summed E-state index contributed by atoms with van der Waals surface area (Å²) in [6.07, 6.45) is 4.52. The number of amides is 7. The van der Waals surface area contributed by atoms with Gasteiger partial charge in [0.15, 0.2) is 0 Å². The Hall–Kier alpha value is -7.88. The van der Waals surface area contributed by atoms with Gasteiger partial charge in [0.2, 0.25) is 17.7 Å². The number of urea groups is 1. The zero-order chi connectivity index (χ0) is 50.0. The Labute approximate surface area is 405 Å². The van der Waals surface area contributed by atoms with E-state index in [1.54, 1.807) is 46.3 Å². The molecule has 19 nitrogen and oxygen atoms in total. The van der Waals surface area contributed by atoms with Crippen LogP contribution in [0.4, 0.5) is 35.3 Å². The minimum Gasteiger partial charge on any atom is -0.495 e. The highest BCUT2D eigenvalue weighted by Gasteiger charge is 2.34. The van der Waals surface area contributed by atoms with Crippen LogP contribution in [0.1, 0.15) is 82.2 Å². The molecule has 2 atom stereocenters. The van der Waals surface area contributed by atoms with Crippen LogP contribution in [0.15, 0.2) is 73.1 Å². The van der Waals surface area contributed by atoms with Gasteiger partial charge < -0.3 is 30.9 Å². The van der Waals surface area contributed by atoms with Crippen molar-refractivity contribution >= 4 is 64.5 Å². The maximum Gasteiger partial charge on any atom is 0.416 e. The van der Waals surface area contributed by atoms with Gasteiger partial charge in [0.1, 0.15) is 34.4 Å². The van der Waals surface area contributed by atoms with Gasteiger partial charge in [0.05, 0.1) is 36.8 Å². The van der Waals surface area contributed by atoms with E-state index in [1.807, 2.05) is 16.6 Å². The van der Waals surface area contributed by atoms with Crippen LogP contribution in [0.2, 0.25) is 0 Å². The van der Waals surface area contributed by atoms with Crippen LogP contribution in [0, 0.1) is 0 Å². The molecular formula is C49H51F3N12O7. The number of hydrogen-bond donors (Lipinski definition) is 4. The SMILES string of the molecule is COc1ccc(C(=O)N2CCN(CCC(=O)N3CC/C=C/c4cnc(N)c5c(-c6ccc(C(=O)Nc7cc(C(F)(F)F)ccn7)cc6)nc(n45)[C@@H]4CC[C@H](C4)NC(=O)C3)CC2)cc1N1CCC(=O)NC1=O. The summed E-state index contributed by atoms with van der Waals surface area (Å²) in [5.74, 6) is -0.648. The van der Waals surface area contributed by atoms with Crippen LogP contribution in [-0.2, 0) is 20.6 Å². The molecule has 4 aliphatic rings. The highest BCUT2D eigenvalue weighted by atomic mass is 19.4. The number of alkyl halides is 3. The Morgan fingerprint density at radius 1 is 0.901 bits per heavy atom. The number of nitrogens with one attached hydrogen (secondary N) is 3. The Kier molecular flexibility index (Phi) is 13.7. The molecule has 7 amide bonds. The van der Waals surface area contributed by atoms with Crippen LogP contribution in [0.5, 0.6) is 5.75 Å². The van der Waals surface area contributed by atoms with Crippen LogP contribution >= 0.6 is 0 Å². The first-order valence-corrected chi connectivity index (χ1v) is 23.3. The van der Waals surface area contributed by atoms with Gasteiger partial charge in [0, 0.05) is 93.5 Å². The lowest BCUT2D eigenvalue weighted by Crippen LogP contribution is -2.50. The van der Waals surface area contributed by atoms with Crippen molar-refractivity contribution in [3.05, 3.63) is 101 Å². The summed E-state index contributed by atoms with van der Waals surface area (Å²) in [5.41, 5.74) is 8.96. The summed E-state index contributed by atoms with van der Waals surface area (Å²) < 4.78 is 47.2. The summed E-state index contributed by atoms with van der Waals surface area (Å²) in [6, 6.07) is 12.1. The topological polar surface area (TPSA) is 230 Å². The molecule has 22 heteroatoms. The molecule has 3 fully saturated rings. The second-order valence-electron chi connectivity index (χ2n) is 17.8. The van der Waals surface area contributed by atoms with Crippen molar-refractivity contribution in [3.8, 4) is 17.0 Å². The van der Waals surface area contributed by atoms with Gasteiger partial charge in [-0.1, -0.05) is 18.2 Å². The second kappa shape index (κ2) is 20.2. The second-order valence-corrected chi connectivity index (χ2v) is 17.8. The number of hydrogen-bond acceptors (Lipinski definition) is 12. The molecule has 5 aromatic rings. The van der Waals surface area contributed by atoms with Crippen molar-refractivity contribution in [1.29, 1.82) is 0 Å². The summed E-state index contributed by atoms with van der Waals surface area (Å²) in [7, 11) is 1.47. The molecule has 1 aliphatic carbocycles. The van der Waals surface area contributed by atoms with Crippen molar-refractivity contribution < 1.29 is 46.7 Å². The molecule has 9 rings (SSSR count). The Balaban J connectivity index is 0.853. The molecule has 0 radical (unpaired) electrons. The molecule has 1 saturated carbocycles. The number of carbonyl (C=O) groups excluding carboxylic acids is 6. The third kappa shape index (κ3) is 10.5. The molecule has 2 saturated heterocycles. The van der Waals surface area contributed by atoms with Crippen LogP contribution in [-0.4, -0.2) is 135 Å². The molecule has 2 bridgehead atoms. The maximum absolute atomic E-state index is 13.8. The minimum atomic E-state index is -4.60. The lowest BCUT2D eigenvalue weighted by molar-refractivity contribution is -0.137. The van der Waals surface area contributed by atoms with Gasteiger partial charge in [-0.2, -0.15) is 13.2 Å². The van der Waals surface area contributed by atoms with E-state index in [1.165, 1.54) is 24.1 Å². The summed E-state index contributed by atoms with van der Waals surface area (Å²) >= 11 is 0. The number of methoxy groups -OCH3 is 1. The quantitative estimate of drug-likeness (QED) is 0.154. The first-order chi connectivity index (χ1) is 34.1. The van der Waals surface area contributed by atoms with Gasteiger partial charge in [0.25, 0.3) is 11.8 Å². The number of nitrogen functional groups attached to an aromatic ring is 1. The summed E-state index contributed by atoms with van der Waals surface area (Å²) in [5, 5.41) is 7.87. The van der Waals surface area contributed by atoms with E-state index in [0.717, 1.165) is 24.2 Å². The average molecular weight is 977 g/mol. The van der Waals surface area contributed by atoms with Crippen molar-refractivity contribution in [3.63, 3.8) is 0 Å². The first-order valence-electron chi connectivity index (χ1n) is 23.3. The Bertz CT molecular complexity index is 2930. The molecule has 0 spiro atoms. The van der Waals surface area contributed by atoms with Crippen molar-refractivity contribution in [2.24, 2.45) is 0 Å². The number of fused-ring (bicyclic) bond motifs is 3. The number of anilines is 3. The van der Waals surface area contributed by atoms with Gasteiger partial charge in [-0.25, -0.2) is 19.7 Å². The number of imidazole rings is 1. The highest BCUT2D eigenvalue weighted by molar-refractivity contribution is 6.07. The normalized spacial score (nSPS) is 19.5. The number of nitrogens with zero attached hydrogens (tertiary/aromatic N) is 8.